The Kier molecular flexibility index (Phi) is 4.33. The number of hydrogen-bond acceptors (Lipinski definition) is 3. The van der Waals surface area contributed by atoms with Gasteiger partial charge in [-0.3, -0.25) is 4.79 Å². The van der Waals surface area contributed by atoms with Gasteiger partial charge in [-0.25, -0.2) is 4.98 Å². The molecule has 0 atom stereocenters. The average Bonchev–Trinajstić information content (AvgIpc) is 2.63. The van der Waals surface area contributed by atoms with Gasteiger partial charge >= 0.3 is 0 Å². The number of aryl methyl sites for hydroxylation is 1. The normalized spacial score (nSPS) is 11.6. The summed E-state index contributed by atoms with van der Waals surface area (Å²) in [6.07, 6.45) is 0. The predicted octanol–water partition coefficient (Wildman–Crippen LogP) is 2.67. The van der Waals surface area contributed by atoms with Crippen LogP contribution < -0.4 is 0 Å². The fraction of sp³-hybridized carbons (Fsp3) is 0.636. The lowest BCUT2D eigenvalue weighted by atomic mass is 9.94. The number of nitrogens with zero attached hydrogens (tertiary/aromatic N) is 2. The van der Waals surface area contributed by atoms with Gasteiger partial charge in [-0.1, -0.05) is 0 Å². The Labute approximate surface area is 105 Å². The van der Waals surface area contributed by atoms with Crippen LogP contribution in [0.5, 0.6) is 0 Å². The zero-order valence-electron chi connectivity index (χ0n) is 10.1. The van der Waals surface area contributed by atoms with Gasteiger partial charge in [0.05, 0.1) is 23.2 Å². The van der Waals surface area contributed by atoms with Gasteiger partial charge in [0, 0.05) is 17.8 Å². The lowest BCUT2D eigenvalue weighted by Crippen LogP contribution is -2.39. The summed E-state index contributed by atoms with van der Waals surface area (Å²) in [6.45, 7) is 6.28. The minimum atomic E-state index is -0.505. The first-order valence-corrected chi connectivity index (χ1v) is 6.50. The molecule has 0 aromatic carbocycles. The molecular weight excluding hydrogens is 244 g/mol. The van der Waals surface area contributed by atoms with E-state index in [2.05, 4.69) is 4.98 Å². The van der Waals surface area contributed by atoms with E-state index in [0.29, 0.717) is 12.4 Å². The molecule has 90 valence electrons. The third-order valence-electron chi connectivity index (χ3n) is 2.49. The van der Waals surface area contributed by atoms with Gasteiger partial charge in [0.1, 0.15) is 0 Å². The quantitative estimate of drug-likeness (QED) is 0.780. The molecule has 1 amide bonds. The number of thiazole rings is 1. The standard InChI is InChI=1S/C11H17ClN2OS/c1-8-9(16-7-13-8)5-14(4)10(15)11(2,3)6-12/h7H,5-6H2,1-4H3. The van der Waals surface area contributed by atoms with Crippen molar-refractivity contribution in [1.82, 2.24) is 9.88 Å². The number of alkyl halides is 1. The monoisotopic (exact) mass is 260 g/mol. The SMILES string of the molecule is Cc1ncsc1CN(C)C(=O)C(C)(C)CCl. The summed E-state index contributed by atoms with van der Waals surface area (Å²) in [6, 6.07) is 0. The van der Waals surface area contributed by atoms with Gasteiger partial charge in [-0.05, 0) is 20.8 Å². The molecule has 3 nitrogen and oxygen atoms in total. The number of carbonyl (C=O) groups is 1. The molecule has 0 fully saturated rings. The minimum Gasteiger partial charge on any atom is -0.340 e. The second-order valence-corrected chi connectivity index (χ2v) is 5.75. The topological polar surface area (TPSA) is 33.2 Å². The smallest absolute Gasteiger partial charge is 0.229 e. The molecule has 0 bridgehead atoms. The summed E-state index contributed by atoms with van der Waals surface area (Å²) in [7, 11) is 1.80. The van der Waals surface area contributed by atoms with Crippen LogP contribution >= 0.6 is 22.9 Å². The van der Waals surface area contributed by atoms with Crippen LogP contribution in [0, 0.1) is 12.3 Å². The largest absolute Gasteiger partial charge is 0.340 e. The highest BCUT2D eigenvalue weighted by Crippen LogP contribution is 2.22. The molecule has 1 heterocycles. The van der Waals surface area contributed by atoms with Crippen molar-refractivity contribution in [3.8, 4) is 0 Å². The summed E-state index contributed by atoms with van der Waals surface area (Å²) < 4.78 is 0. The third-order valence-corrected chi connectivity index (χ3v) is 4.07. The van der Waals surface area contributed by atoms with E-state index < -0.39 is 5.41 Å². The van der Waals surface area contributed by atoms with E-state index in [1.165, 1.54) is 0 Å². The molecule has 0 saturated carbocycles. The molecule has 0 aliphatic carbocycles. The molecule has 1 aromatic heterocycles. The third kappa shape index (κ3) is 2.95. The summed E-state index contributed by atoms with van der Waals surface area (Å²) >= 11 is 7.36. The molecule has 0 saturated heterocycles. The van der Waals surface area contributed by atoms with Gasteiger partial charge in [-0.15, -0.1) is 22.9 Å². The van der Waals surface area contributed by atoms with Crippen LogP contribution in [0.3, 0.4) is 0 Å². The molecule has 0 aliphatic heterocycles. The lowest BCUT2D eigenvalue weighted by molar-refractivity contribution is -0.138. The zero-order chi connectivity index (χ0) is 12.3. The van der Waals surface area contributed by atoms with Crippen LogP contribution in [0.15, 0.2) is 5.51 Å². The Morgan fingerprint density at radius 2 is 2.25 bits per heavy atom. The van der Waals surface area contributed by atoms with Crippen LogP contribution in [-0.2, 0) is 11.3 Å². The molecule has 0 aliphatic rings. The van der Waals surface area contributed by atoms with E-state index in [4.69, 9.17) is 11.6 Å². The number of amides is 1. The summed E-state index contributed by atoms with van der Waals surface area (Å²) in [5, 5.41) is 0. The molecule has 16 heavy (non-hydrogen) atoms. The highest BCUT2D eigenvalue weighted by molar-refractivity contribution is 7.09. The second kappa shape index (κ2) is 5.15. The summed E-state index contributed by atoms with van der Waals surface area (Å²) in [5.74, 6) is 0.396. The van der Waals surface area contributed by atoms with E-state index in [9.17, 15) is 4.79 Å². The molecule has 1 aromatic rings. The van der Waals surface area contributed by atoms with Gasteiger partial charge in [0.25, 0.3) is 0 Å². The molecule has 1 rings (SSSR count). The number of hydrogen-bond donors (Lipinski definition) is 0. The minimum absolute atomic E-state index is 0.0651. The van der Waals surface area contributed by atoms with Crippen molar-refractivity contribution in [2.45, 2.75) is 27.3 Å². The van der Waals surface area contributed by atoms with Gasteiger partial charge in [0.2, 0.25) is 5.91 Å². The first-order valence-electron chi connectivity index (χ1n) is 5.09. The predicted molar refractivity (Wildman–Crippen MR) is 67.8 cm³/mol. The van der Waals surface area contributed by atoms with Crippen LogP contribution in [-0.4, -0.2) is 28.7 Å². The lowest BCUT2D eigenvalue weighted by Gasteiger charge is -2.27. The fourth-order valence-electron chi connectivity index (χ4n) is 1.34. The van der Waals surface area contributed by atoms with Crippen LogP contribution in [0.1, 0.15) is 24.4 Å². The first-order chi connectivity index (χ1) is 7.38. The number of carbonyl (C=O) groups excluding carboxylic acids is 1. The maximum atomic E-state index is 12.1. The molecule has 0 radical (unpaired) electrons. The Bertz CT molecular complexity index is 376. The van der Waals surface area contributed by atoms with Crippen LogP contribution in [0.25, 0.3) is 0 Å². The fourth-order valence-corrected chi connectivity index (χ4v) is 2.28. The Morgan fingerprint density at radius 3 is 2.69 bits per heavy atom. The molecular formula is C11H17ClN2OS. The Morgan fingerprint density at radius 1 is 1.62 bits per heavy atom. The van der Waals surface area contributed by atoms with Crippen molar-refractivity contribution >= 4 is 28.8 Å². The van der Waals surface area contributed by atoms with E-state index in [0.717, 1.165) is 10.6 Å². The highest BCUT2D eigenvalue weighted by atomic mass is 35.5. The summed E-state index contributed by atoms with van der Waals surface area (Å²) in [4.78, 5) is 19.1. The van der Waals surface area contributed by atoms with Crippen molar-refractivity contribution in [2.24, 2.45) is 5.41 Å². The molecule has 0 N–H and O–H groups in total. The van der Waals surface area contributed by atoms with Gasteiger partial charge in [0.15, 0.2) is 0 Å². The van der Waals surface area contributed by atoms with E-state index >= 15 is 0 Å². The summed E-state index contributed by atoms with van der Waals surface area (Å²) in [5.41, 5.74) is 2.29. The zero-order valence-corrected chi connectivity index (χ0v) is 11.7. The van der Waals surface area contributed by atoms with Crippen molar-refractivity contribution < 1.29 is 4.79 Å². The molecule has 0 spiro atoms. The van der Waals surface area contributed by atoms with Crippen molar-refractivity contribution in [3.05, 3.63) is 16.1 Å². The van der Waals surface area contributed by atoms with Crippen molar-refractivity contribution in [3.63, 3.8) is 0 Å². The van der Waals surface area contributed by atoms with E-state index in [-0.39, 0.29) is 5.91 Å². The molecule has 0 unspecified atom stereocenters. The average molecular weight is 261 g/mol. The van der Waals surface area contributed by atoms with Crippen molar-refractivity contribution in [1.29, 1.82) is 0 Å². The number of halogens is 1. The van der Waals surface area contributed by atoms with Crippen LogP contribution in [0.4, 0.5) is 0 Å². The van der Waals surface area contributed by atoms with E-state index in [1.54, 1.807) is 28.8 Å². The second-order valence-electron chi connectivity index (χ2n) is 4.54. The van der Waals surface area contributed by atoms with Crippen LogP contribution in [0.2, 0.25) is 0 Å². The van der Waals surface area contributed by atoms with Crippen molar-refractivity contribution in [2.75, 3.05) is 12.9 Å². The Hall–Kier alpha value is -0.610. The first kappa shape index (κ1) is 13.5. The Balaban J connectivity index is 2.70. The number of rotatable bonds is 4. The highest BCUT2D eigenvalue weighted by Gasteiger charge is 2.29. The number of aromatic nitrogens is 1. The molecule has 5 heteroatoms. The van der Waals surface area contributed by atoms with Gasteiger partial charge < -0.3 is 4.90 Å². The maximum absolute atomic E-state index is 12.1. The maximum Gasteiger partial charge on any atom is 0.229 e. The van der Waals surface area contributed by atoms with Gasteiger partial charge in [-0.2, -0.15) is 0 Å². The van der Waals surface area contributed by atoms with E-state index in [1.807, 2.05) is 20.8 Å².